The maximum absolute atomic E-state index is 5.60. The van der Waals surface area contributed by atoms with Crippen molar-refractivity contribution in [3.63, 3.8) is 0 Å². The molecule has 2 aromatic rings. The van der Waals surface area contributed by atoms with E-state index in [0.717, 1.165) is 18.7 Å². The predicted molar refractivity (Wildman–Crippen MR) is 75.6 cm³/mol. The highest BCUT2D eigenvalue weighted by Crippen LogP contribution is 2.22. The van der Waals surface area contributed by atoms with E-state index in [1.165, 1.54) is 5.56 Å². The van der Waals surface area contributed by atoms with Crippen LogP contribution in [0.4, 0.5) is 11.7 Å². The number of aryl methyl sites for hydroxylation is 1. The van der Waals surface area contributed by atoms with Crippen LogP contribution in [0.5, 0.6) is 0 Å². The van der Waals surface area contributed by atoms with Gasteiger partial charge in [-0.2, -0.15) is 0 Å². The Morgan fingerprint density at radius 2 is 1.89 bits per heavy atom. The Morgan fingerprint density at radius 1 is 1.16 bits per heavy atom. The van der Waals surface area contributed by atoms with E-state index < -0.39 is 0 Å². The van der Waals surface area contributed by atoms with Gasteiger partial charge in [0.15, 0.2) is 0 Å². The minimum atomic E-state index is 0.511. The first-order valence-electron chi connectivity index (χ1n) is 6.60. The van der Waals surface area contributed by atoms with Crippen LogP contribution in [-0.4, -0.2) is 23.8 Å². The summed E-state index contributed by atoms with van der Waals surface area (Å²) in [5.74, 6) is 0.605. The topological polar surface area (TPSA) is 54.2 Å². The van der Waals surface area contributed by atoms with Crippen LogP contribution in [0.15, 0.2) is 28.7 Å². The minimum absolute atomic E-state index is 0.511. The molecule has 0 spiro atoms. The number of hydrogen-bond acceptors (Lipinski definition) is 5. The lowest BCUT2D eigenvalue weighted by atomic mass is 10.1. The fourth-order valence-electron chi connectivity index (χ4n) is 1.75. The number of rotatable bonds is 6. The van der Waals surface area contributed by atoms with Gasteiger partial charge in [0, 0.05) is 12.7 Å². The third kappa shape index (κ3) is 3.32. The van der Waals surface area contributed by atoms with Crippen molar-refractivity contribution in [2.75, 3.05) is 18.5 Å². The summed E-state index contributed by atoms with van der Waals surface area (Å²) in [7, 11) is 1.92. The molecule has 0 saturated heterocycles. The second kappa shape index (κ2) is 6.33. The summed E-state index contributed by atoms with van der Waals surface area (Å²) in [5, 5.41) is 11.2. The molecule has 2 rings (SSSR count). The van der Waals surface area contributed by atoms with Crippen LogP contribution in [0.2, 0.25) is 0 Å². The molecule has 0 amide bonds. The van der Waals surface area contributed by atoms with Crippen molar-refractivity contribution >= 4 is 11.7 Å². The molecule has 102 valence electrons. The molecular formula is C14H20N4O. The first-order valence-corrected chi connectivity index (χ1v) is 6.60. The third-order valence-corrected chi connectivity index (χ3v) is 3.00. The molecule has 0 saturated carbocycles. The Bertz CT molecular complexity index is 506. The zero-order chi connectivity index (χ0) is 13.7. The van der Waals surface area contributed by atoms with E-state index in [0.29, 0.717) is 18.5 Å². The zero-order valence-corrected chi connectivity index (χ0v) is 11.7. The van der Waals surface area contributed by atoms with Crippen molar-refractivity contribution in [1.82, 2.24) is 15.5 Å². The molecule has 0 unspecified atom stereocenters. The number of benzene rings is 1. The number of nitrogens with zero attached hydrogens (tertiary/aromatic N) is 3. The molecule has 1 aromatic heterocycles. The van der Waals surface area contributed by atoms with E-state index >= 15 is 0 Å². The van der Waals surface area contributed by atoms with Crippen LogP contribution < -0.4 is 10.2 Å². The van der Waals surface area contributed by atoms with Crippen molar-refractivity contribution < 1.29 is 4.42 Å². The standard InChI is InChI=1S/C14H20N4O/c1-4-11-6-8-12(9-7-11)18(3)14-17-16-13(19-14)10-15-5-2/h6-9,15H,4-5,10H2,1-3H3. The normalized spacial score (nSPS) is 10.7. The van der Waals surface area contributed by atoms with Crippen LogP contribution in [0.3, 0.4) is 0 Å². The van der Waals surface area contributed by atoms with Gasteiger partial charge in [0.2, 0.25) is 5.89 Å². The molecule has 1 N–H and O–H groups in total. The quantitative estimate of drug-likeness (QED) is 0.865. The second-order valence-corrected chi connectivity index (χ2v) is 4.34. The lowest BCUT2D eigenvalue weighted by Gasteiger charge is -2.14. The van der Waals surface area contributed by atoms with Crippen molar-refractivity contribution in [2.24, 2.45) is 0 Å². The van der Waals surface area contributed by atoms with Gasteiger partial charge >= 0.3 is 6.01 Å². The SMILES string of the molecule is CCNCc1nnc(N(C)c2ccc(CC)cc2)o1. The first kappa shape index (κ1) is 13.5. The number of aromatic nitrogens is 2. The highest BCUT2D eigenvalue weighted by molar-refractivity contribution is 5.55. The zero-order valence-electron chi connectivity index (χ0n) is 11.7. The third-order valence-electron chi connectivity index (χ3n) is 3.00. The van der Waals surface area contributed by atoms with Crippen LogP contribution in [0, 0.1) is 0 Å². The highest BCUT2D eigenvalue weighted by atomic mass is 16.4. The van der Waals surface area contributed by atoms with Gasteiger partial charge in [0.1, 0.15) is 0 Å². The van der Waals surface area contributed by atoms with Crippen LogP contribution in [-0.2, 0) is 13.0 Å². The summed E-state index contributed by atoms with van der Waals surface area (Å²) in [5.41, 5.74) is 2.35. The summed E-state index contributed by atoms with van der Waals surface area (Å²) in [6.07, 6.45) is 1.04. The molecule has 0 bridgehead atoms. The molecule has 0 aliphatic heterocycles. The average molecular weight is 260 g/mol. The fraction of sp³-hybridized carbons (Fsp3) is 0.429. The van der Waals surface area contributed by atoms with Crippen molar-refractivity contribution in [3.8, 4) is 0 Å². The van der Waals surface area contributed by atoms with Crippen molar-refractivity contribution in [2.45, 2.75) is 26.8 Å². The molecule has 5 nitrogen and oxygen atoms in total. The molecule has 1 aromatic carbocycles. The second-order valence-electron chi connectivity index (χ2n) is 4.34. The summed E-state index contributed by atoms with van der Waals surface area (Å²) >= 11 is 0. The number of anilines is 2. The average Bonchev–Trinajstić information content (AvgIpc) is 2.93. The van der Waals surface area contributed by atoms with Gasteiger partial charge in [-0.25, -0.2) is 0 Å². The monoisotopic (exact) mass is 260 g/mol. The molecule has 0 atom stereocenters. The molecule has 0 radical (unpaired) electrons. The Kier molecular flexibility index (Phi) is 4.52. The lowest BCUT2D eigenvalue weighted by Crippen LogP contribution is -2.12. The van der Waals surface area contributed by atoms with Gasteiger partial charge in [-0.1, -0.05) is 31.1 Å². The van der Waals surface area contributed by atoms with E-state index in [-0.39, 0.29) is 0 Å². The minimum Gasteiger partial charge on any atom is -0.406 e. The molecule has 19 heavy (non-hydrogen) atoms. The Hall–Kier alpha value is -1.88. The van der Waals surface area contributed by atoms with Crippen molar-refractivity contribution in [1.29, 1.82) is 0 Å². The van der Waals surface area contributed by atoms with Gasteiger partial charge in [0.05, 0.1) is 6.54 Å². The Morgan fingerprint density at radius 3 is 2.53 bits per heavy atom. The fourth-order valence-corrected chi connectivity index (χ4v) is 1.75. The highest BCUT2D eigenvalue weighted by Gasteiger charge is 2.11. The molecule has 1 heterocycles. The summed E-state index contributed by atoms with van der Waals surface area (Å²) in [6, 6.07) is 8.86. The van der Waals surface area contributed by atoms with Gasteiger partial charge in [-0.3, -0.25) is 4.90 Å². The van der Waals surface area contributed by atoms with Crippen LogP contribution in [0.25, 0.3) is 0 Å². The molecule has 0 fully saturated rings. The van der Waals surface area contributed by atoms with Gasteiger partial charge in [0.25, 0.3) is 0 Å². The predicted octanol–water partition coefficient (Wildman–Crippen LogP) is 2.51. The van der Waals surface area contributed by atoms with Crippen molar-refractivity contribution in [3.05, 3.63) is 35.7 Å². The van der Waals surface area contributed by atoms with Crippen LogP contribution >= 0.6 is 0 Å². The lowest BCUT2D eigenvalue weighted by molar-refractivity contribution is 0.476. The largest absolute Gasteiger partial charge is 0.406 e. The summed E-state index contributed by atoms with van der Waals surface area (Å²) in [4.78, 5) is 1.89. The van der Waals surface area contributed by atoms with Gasteiger partial charge in [-0.15, -0.1) is 5.10 Å². The molecular weight excluding hydrogens is 240 g/mol. The summed E-state index contributed by atoms with van der Waals surface area (Å²) in [6.45, 7) is 5.67. The van der Waals surface area contributed by atoms with E-state index in [1.54, 1.807) is 0 Å². The molecule has 0 aliphatic rings. The van der Waals surface area contributed by atoms with Gasteiger partial charge < -0.3 is 9.73 Å². The van der Waals surface area contributed by atoms with E-state index in [9.17, 15) is 0 Å². The summed E-state index contributed by atoms with van der Waals surface area (Å²) < 4.78 is 5.60. The smallest absolute Gasteiger partial charge is 0.322 e. The van der Waals surface area contributed by atoms with E-state index in [1.807, 2.05) is 18.9 Å². The van der Waals surface area contributed by atoms with E-state index in [4.69, 9.17) is 4.42 Å². The maximum atomic E-state index is 5.60. The Balaban J connectivity index is 2.09. The van der Waals surface area contributed by atoms with Crippen LogP contribution in [0.1, 0.15) is 25.3 Å². The maximum Gasteiger partial charge on any atom is 0.322 e. The number of hydrogen-bond donors (Lipinski definition) is 1. The van der Waals surface area contributed by atoms with Gasteiger partial charge in [-0.05, 0) is 30.7 Å². The number of nitrogens with one attached hydrogen (secondary N) is 1. The first-order chi connectivity index (χ1) is 9.24. The van der Waals surface area contributed by atoms with E-state index in [2.05, 4.69) is 46.7 Å². The Labute approximate surface area is 113 Å². The molecule has 0 aliphatic carbocycles. The molecule has 5 heteroatoms.